The maximum Gasteiger partial charge on any atom is 0.446 e. The average Bonchev–Trinajstić information content (AvgIpc) is 3.07. The van der Waals surface area contributed by atoms with Crippen LogP contribution < -0.4 is 11.0 Å². The Hall–Kier alpha value is -3.99. The van der Waals surface area contributed by atoms with E-state index in [1.807, 2.05) is 6.07 Å². The lowest BCUT2D eigenvalue weighted by molar-refractivity contribution is -0.0328. The number of pyridine rings is 1. The fourth-order valence-electron chi connectivity index (χ4n) is 3.30. The second kappa shape index (κ2) is 9.48. The quantitative estimate of drug-likeness (QED) is 0.387. The number of benzene rings is 2. The molecule has 0 fully saturated rings. The van der Waals surface area contributed by atoms with Crippen LogP contribution in [0.15, 0.2) is 88.9 Å². The molecule has 4 rings (SSSR count). The van der Waals surface area contributed by atoms with Crippen molar-refractivity contribution in [2.45, 2.75) is 16.9 Å². The summed E-state index contributed by atoms with van der Waals surface area (Å²) >= 11 is -0.274. The third-order valence-corrected chi connectivity index (χ3v) is 5.53. The topological polar surface area (TPSA) is 89.2 Å². The molecule has 7 nitrogen and oxygen atoms in total. The number of amides is 1. The van der Waals surface area contributed by atoms with Crippen LogP contribution in [0.5, 0.6) is 5.88 Å². The monoisotopic (exact) mass is 486 g/mol. The van der Waals surface area contributed by atoms with E-state index in [2.05, 4.69) is 10.3 Å². The summed E-state index contributed by atoms with van der Waals surface area (Å²) < 4.78 is 39.8. The molecule has 0 unspecified atom stereocenters. The van der Waals surface area contributed by atoms with Crippen molar-refractivity contribution in [3.8, 4) is 11.6 Å². The fraction of sp³-hybridized carbons (Fsp3) is 0.0870. The number of nitrogens with zero attached hydrogens (tertiary/aromatic N) is 3. The SMILES string of the molecule is O=C(Nc1ccccc1)c1cnccc1Cn1cc(O)n(-c2ccc(SC(F)(F)F)cc2)c1=O. The minimum atomic E-state index is -4.43. The molecule has 0 aliphatic heterocycles. The maximum atomic E-state index is 12.9. The van der Waals surface area contributed by atoms with Crippen LogP contribution in [0, 0.1) is 0 Å². The van der Waals surface area contributed by atoms with Crippen molar-refractivity contribution in [2.75, 3.05) is 5.32 Å². The molecule has 2 aromatic carbocycles. The van der Waals surface area contributed by atoms with Gasteiger partial charge in [0, 0.05) is 23.0 Å². The summed E-state index contributed by atoms with van der Waals surface area (Å²) in [6, 6.07) is 15.5. The zero-order valence-corrected chi connectivity index (χ0v) is 18.2. The number of para-hydroxylation sites is 1. The van der Waals surface area contributed by atoms with E-state index >= 15 is 0 Å². The van der Waals surface area contributed by atoms with Gasteiger partial charge in [0.1, 0.15) is 0 Å². The van der Waals surface area contributed by atoms with E-state index < -0.39 is 23.0 Å². The van der Waals surface area contributed by atoms with E-state index in [4.69, 9.17) is 0 Å². The first-order chi connectivity index (χ1) is 16.2. The highest BCUT2D eigenvalue weighted by molar-refractivity contribution is 8.00. The highest BCUT2D eigenvalue weighted by atomic mass is 32.2. The molecule has 0 bridgehead atoms. The van der Waals surface area contributed by atoms with Crippen LogP contribution in [-0.4, -0.2) is 30.6 Å². The summed E-state index contributed by atoms with van der Waals surface area (Å²) in [7, 11) is 0. The number of aromatic nitrogens is 3. The summed E-state index contributed by atoms with van der Waals surface area (Å²) in [5.41, 5.74) is -3.53. The van der Waals surface area contributed by atoms with E-state index in [0.29, 0.717) is 11.3 Å². The van der Waals surface area contributed by atoms with Gasteiger partial charge in [-0.1, -0.05) is 18.2 Å². The second-order valence-corrected chi connectivity index (χ2v) is 8.27. The molecule has 34 heavy (non-hydrogen) atoms. The molecule has 0 aliphatic carbocycles. The zero-order chi connectivity index (χ0) is 24.3. The standard InChI is InChI=1S/C23H17F3N4O3S/c24-23(25,26)34-18-8-6-17(7-9-18)30-20(31)14-29(22(30)33)13-15-10-11-27-12-19(15)21(32)28-16-4-2-1-3-5-16/h1-12,14,31H,13H2,(H,28,32). The van der Waals surface area contributed by atoms with Gasteiger partial charge in [-0.05, 0) is 59.8 Å². The molecule has 2 heterocycles. The molecule has 0 radical (unpaired) electrons. The minimum absolute atomic E-state index is 0.0402. The zero-order valence-electron chi connectivity index (χ0n) is 17.4. The number of hydrogen-bond donors (Lipinski definition) is 2. The van der Waals surface area contributed by atoms with Crippen LogP contribution in [0.4, 0.5) is 18.9 Å². The van der Waals surface area contributed by atoms with Gasteiger partial charge >= 0.3 is 11.2 Å². The van der Waals surface area contributed by atoms with Gasteiger partial charge in [-0.2, -0.15) is 13.2 Å². The number of carbonyl (C=O) groups is 1. The van der Waals surface area contributed by atoms with Crippen molar-refractivity contribution in [1.82, 2.24) is 14.1 Å². The number of aromatic hydroxyl groups is 1. The molecule has 2 aromatic heterocycles. The van der Waals surface area contributed by atoms with Crippen LogP contribution in [0.1, 0.15) is 15.9 Å². The molecule has 2 N–H and O–H groups in total. The normalized spacial score (nSPS) is 11.4. The molecule has 4 aromatic rings. The number of rotatable bonds is 6. The number of thioether (sulfide) groups is 1. The largest absolute Gasteiger partial charge is 0.493 e. The lowest BCUT2D eigenvalue weighted by Gasteiger charge is -2.10. The van der Waals surface area contributed by atoms with Crippen molar-refractivity contribution in [1.29, 1.82) is 0 Å². The summed E-state index contributed by atoms with van der Waals surface area (Å²) in [6.07, 6.45) is 4.06. The number of nitrogens with one attached hydrogen (secondary N) is 1. The van der Waals surface area contributed by atoms with Crippen molar-refractivity contribution in [2.24, 2.45) is 0 Å². The summed E-state index contributed by atoms with van der Waals surface area (Å²) in [6.45, 7) is -0.0402. The summed E-state index contributed by atoms with van der Waals surface area (Å²) in [4.78, 5) is 29.6. The number of imidazole rings is 1. The van der Waals surface area contributed by atoms with Crippen molar-refractivity contribution < 1.29 is 23.1 Å². The Morgan fingerprint density at radius 2 is 1.76 bits per heavy atom. The Labute approximate surface area is 195 Å². The van der Waals surface area contributed by atoms with Gasteiger partial charge in [0.05, 0.1) is 24.0 Å². The molecule has 0 aliphatic rings. The Morgan fingerprint density at radius 1 is 1.06 bits per heavy atom. The Bertz CT molecular complexity index is 1370. The molecule has 0 spiro atoms. The summed E-state index contributed by atoms with van der Waals surface area (Å²) in [5.74, 6) is -0.811. The highest BCUT2D eigenvalue weighted by Crippen LogP contribution is 2.37. The van der Waals surface area contributed by atoms with E-state index in [-0.39, 0.29) is 34.5 Å². The van der Waals surface area contributed by atoms with Crippen molar-refractivity contribution >= 4 is 23.4 Å². The smallest absolute Gasteiger partial charge is 0.446 e. The first-order valence-corrected chi connectivity index (χ1v) is 10.7. The Kier molecular flexibility index (Phi) is 6.46. The van der Waals surface area contributed by atoms with E-state index in [1.54, 1.807) is 30.3 Å². The van der Waals surface area contributed by atoms with Crippen LogP contribution >= 0.6 is 11.8 Å². The molecular weight excluding hydrogens is 469 g/mol. The lowest BCUT2D eigenvalue weighted by Crippen LogP contribution is -2.24. The van der Waals surface area contributed by atoms with E-state index in [1.165, 1.54) is 47.4 Å². The average molecular weight is 486 g/mol. The van der Waals surface area contributed by atoms with E-state index in [0.717, 1.165) is 4.57 Å². The van der Waals surface area contributed by atoms with Gasteiger partial charge in [0.25, 0.3) is 5.91 Å². The van der Waals surface area contributed by atoms with Gasteiger partial charge in [-0.25, -0.2) is 9.36 Å². The number of carbonyl (C=O) groups excluding carboxylic acids is 1. The van der Waals surface area contributed by atoms with Crippen LogP contribution in [-0.2, 0) is 6.54 Å². The second-order valence-electron chi connectivity index (χ2n) is 7.13. The van der Waals surface area contributed by atoms with Crippen molar-refractivity contribution in [3.05, 3.63) is 101 Å². The first-order valence-electron chi connectivity index (χ1n) is 9.88. The highest BCUT2D eigenvalue weighted by Gasteiger charge is 2.29. The number of halogens is 3. The van der Waals surface area contributed by atoms with Crippen LogP contribution in [0.2, 0.25) is 0 Å². The Balaban J connectivity index is 1.59. The van der Waals surface area contributed by atoms with Crippen LogP contribution in [0.3, 0.4) is 0 Å². The molecule has 0 saturated heterocycles. The molecular formula is C23H17F3N4O3S. The summed E-state index contributed by atoms with van der Waals surface area (Å²) in [5, 5.41) is 13.1. The van der Waals surface area contributed by atoms with Crippen molar-refractivity contribution in [3.63, 3.8) is 0 Å². The van der Waals surface area contributed by atoms with Gasteiger partial charge in [-0.15, -0.1) is 0 Å². The lowest BCUT2D eigenvalue weighted by atomic mass is 10.1. The third kappa shape index (κ3) is 5.31. The Morgan fingerprint density at radius 3 is 2.44 bits per heavy atom. The minimum Gasteiger partial charge on any atom is -0.493 e. The molecule has 0 saturated carbocycles. The third-order valence-electron chi connectivity index (χ3n) is 4.79. The van der Waals surface area contributed by atoms with Gasteiger partial charge in [0.2, 0.25) is 5.88 Å². The molecule has 0 atom stereocenters. The predicted molar refractivity (Wildman–Crippen MR) is 121 cm³/mol. The number of alkyl halides is 3. The predicted octanol–water partition coefficient (Wildman–Crippen LogP) is 4.65. The maximum absolute atomic E-state index is 12.9. The number of anilines is 1. The molecule has 1 amide bonds. The van der Waals surface area contributed by atoms with E-state index in [9.17, 15) is 27.9 Å². The van der Waals surface area contributed by atoms with Crippen LogP contribution in [0.25, 0.3) is 5.69 Å². The fourth-order valence-corrected chi connectivity index (χ4v) is 3.84. The first kappa shape index (κ1) is 23.2. The molecule has 11 heteroatoms. The van der Waals surface area contributed by atoms with Gasteiger partial charge in [-0.3, -0.25) is 14.3 Å². The van der Waals surface area contributed by atoms with Gasteiger partial charge in [0.15, 0.2) is 0 Å². The number of hydrogen-bond acceptors (Lipinski definition) is 5. The molecule has 174 valence electrons. The van der Waals surface area contributed by atoms with Gasteiger partial charge < -0.3 is 10.4 Å².